The lowest BCUT2D eigenvalue weighted by Gasteiger charge is -2.23. The summed E-state index contributed by atoms with van der Waals surface area (Å²) in [6.45, 7) is 1.03. The van der Waals surface area contributed by atoms with Crippen molar-refractivity contribution in [2.75, 3.05) is 6.54 Å². The minimum atomic E-state index is -4.39. The highest BCUT2D eigenvalue weighted by molar-refractivity contribution is 5.23. The molecule has 0 aromatic carbocycles. The van der Waals surface area contributed by atoms with Gasteiger partial charge in [0.1, 0.15) is 11.5 Å². The standard InChI is InChI=1S/C17H22F3N5/c1-24-15(17(18,19)20)11(9-21-24)10-25-8-4-7-14(25)16-22-12-5-2-3-6-13(12)23-16/h9,14H,2-8,10H2,1H3,(H,22,23). The summed E-state index contributed by atoms with van der Waals surface area (Å²) in [4.78, 5) is 10.3. The molecule has 0 spiro atoms. The SMILES string of the molecule is Cn1ncc(CN2CCCC2c2nc3c([nH]2)CCCC3)c1C(F)(F)F. The number of imidazole rings is 1. The van der Waals surface area contributed by atoms with Crippen LogP contribution in [0.4, 0.5) is 13.2 Å². The van der Waals surface area contributed by atoms with Gasteiger partial charge in [-0.1, -0.05) is 0 Å². The number of H-pyrrole nitrogens is 1. The van der Waals surface area contributed by atoms with Crippen LogP contribution in [0.2, 0.25) is 0 Å². The third kappa shape index (κ3) is 3.07. The summed E-state index contributed by atoms with van der Waals surface area (Å²) < 4.78 is 40.8. The molecule has 1 aliphatic carbocycles. The predicted octanol–water partition coefficient (Wildman–Crippen LogP) is 3.38. The highest BCUT2D eigenvalue weighted by Gasteiger charge is 2.39. The molecular weight excluding hydrogens is 331 g/mol. The van der Waals surface area contributed by atoms with Gasteiger partial charge < -0.3 is 4.98 Å². The van der Waals surface area contributed by atoms with Gasteiger partial charge in [0.25, 0.3) is 0 Å². The molecule has 0 amide bonds. The fourth-order valence-electron chi connectivity index (χ4n) is 4.14. The highest BCUT2D eigenvalue weighted by atomic mass is 19.4. The van der Waals surface area contributed by atoms with E-state index in [9.17, 15) is 13.2 Å². The number of aromatic nitrogens is 4. The van der Waals surface area contributed by atoms with E-state index >= 15 is 0 Å². The average molecular weight is 353 g/mol. The van der Waals surface area contributed by atoms with E-state index in [0.29, 0.717) is 0 Å². The predicted molar refractivity (Wildman–Crippen MR) is 85.8 cm³/mol. The van der Waals surface area contributed by atoms with Crippen LogP contribution in [0.25, 0.3) is 0 Å². The number of rotatable bonds is 3. The third-order valence-corrected chi connectivity index (χ3v) is 5.31. The number of hydrogen-bond donors (Lipinski definition) is 1. The Labute approximate surface area is 144 Å². The lowest BCUT2D eigenvalue weighted by Crippen LogP contribution is -2.25. The molecule has 8 heteroatoms. The molecule has 1 atom stereocenters. The topological polar surface area (TPSA) is 49.7 Å². The van der Waals surface area contributed by atoms with E-state index in [1.54, 1.807) is 0 Å². The Hall–Kier alpha value is -1.83. The maximum atomic E-state index is 13.3. The van der Waals surface area contributed by atoms with Gasteiger partial charge in [0.15, 0.2) is 0 Å². The van der Waals surface area contributed by atoms with Crippen molar-refractivity contribution in [3.63, 3.8) is 0 Å². The molecule has 2 aromatic rings. The van der Waals surface area contributed by atoms with Crippen LogP contribution >= 0.6 is 0 Å². The van der Waals surface area contributed by atoms with E-state index in [1.165, 1.54) is 25.4 Å². The number of alkyl halides is 3. The summed E-state index contributed by atoms with van der Waals surface area (Å²) in [7, 11) is 1.34. The van der Waals surface area contributed by atoms with Crippen LogP contribution in [0.1, 0.15) is 60.2 Å². The van der Waals surface area contributed by atoms with Crippen molar-refractivity contribution in [1.82, 2.24) is 24.6 Å². The van der Waals surface area contributed by atoms with Crippen LogP contribution in [0, 0.1) is 0 Å². The van der Waals surface area contributed by atoms with Gasteiger partial charge in [-0.15, -0.1) is 0 Å². The number of aromatic amines is 1. The molecule has 2 aliphatic rings. The molecule has 0 radical (unpaired) electrons. The minimum Gasteiger partial charge on any atom is -0.344 e. The molecule has 1 saturated heterocycles. The van der Waals surface area contributed by atoms with Crippen molar-refractivity contribution < 1.29 is 13.2 Å². The molecule has 136 valence electrons. The summed E-state index contributed by atoms with van der Waals surface area (Å²) in [5.41, 5.74) is 1.94. The molecule has 0 bridgehead atoms. The zero-order valence-electron chi connectivity index (χ0n) is 14.2. The first-order chi connectivity index (χ1) is 11.9. The first kappa shape index (κ1) is 16.6. The van der Waals surface area contributed by atoms with E-state index in [2.05, 4.69) is 15.0 Å². The second-order valence-corrected chi connectivity index (χ2v) is 7.02. The summed E-state index contributed by atoms with van der Waals surface area (Å²) in [6, 6.07) is 0.0619. The monoisotopic (exact) mass is 353 g/mol. The molecule has 5 nitrogen and oxygen atoms in total. The van der Waals surface area contributed by atoms with E-state index in [0.717, 1.165) is 54.8 Å². The Bertz CT molecular complexity index is 737. The second-order valence-electron chi connectivity index (χ2n) is 7.02. The summed E-state index contributed by atoms with van der Waals surface area (Å²) in [5.74, 6) is 0.918. The van der Waals surface area contributed by atoms with Gasteiger partial charge >= 0.3 is 6.18 Å². The van der Waals surface area contributed by atoms with E-state index in [-0.39, 0.29) is 18.2 Å². The largest absolute Gasteiger partial charge is 0.433 e. The van der Waals surface area contributed by atoms with Crippen LogP contribution in [0.15, 0.2) is 6.20 Å². The Kier molecular flexibility index (Phi) is 4.10. The Morgan fingerprint density at radius 2 is 2.04 bits per heavy atom. The zero-order chi connectivity index (χ0) is 17.6. The van der Waals surface area contributed by atoms with Crippen molar-refractivity contribution in [3.05, 3.63) is 34.7 Å². The molecular formula is C17H22F3N5. The van der Waals surface area contributed by atoms with Gasteiger partial charge in [-0.25, -0.2) is 4.98 Å². The van der Waals surface area contributed by atoms with Crippen LogP contribution in [-0.4, -0.2) is 31.2 Å². The van der Waals surface area contributed by atoms with Gasteiger partial charge in [0, 0.05) is 24.8 Å². The van der Waals surface area contributed by atoms with Crippen molar-refractivity contribution in [2.24, 2.45) is 7.05 Å². The van der Waals surface area contributed by atoms with E-state index in [4.69, 9.17) is 4.98 Å². The molecule has 1 fully saturated rings. The fourth-order valence-corrected chi connectivity index (χ4v) is 4.14. The molecule has 1 unspecified atom stereocenters. The summed E-state index contributed by atoms with van der Waals surface area (Å²) in [5, 5.41) is 3.82. The molecule has 25 heavy (non-hydrogen) atoms. The number of hydrogen-bond acceptors (Lipinski definition) is 3. The van der Waals surface area contributed by atoms with Crippen LogP contribution in [0.3, 0.4) is 0 Å². The zero-order valence-corrected chi connectivity index (χ0v) is 14.2. The molecule has 3 heterocycles. The van der Waals surface area contributed by atoms with E-state index < -0.39 is 11.9 Å². The fraction of sp³-hybridized carbons (Fsp3) is 0.647. The average Bonchev–Trinajstić information content (AvgIpc) is 3.24. The van der Waals surface area contributed by atoms with Crippen molar-refractivity contribution in [2.45, 2.75) is 57.3 Å². The minimum absolute atomic E-state index is 0.0619. The first-order valence-corrected chi connectivity index (χ1v) is 8.83. The summed E-state index contributed by atoms with van der Waals surface area (Å²) in [6.07, 6.45) is 3.20. The maximum absolute atomic E-state index is 13.3. The van der Waals surface area contributed by atoms with Crippen LogP contribution < -0.4 is 0 Å². The van der Waals surface area contributed by atoms with Gasteiger partial charge in [-0.05, 0) is 45.1 Å². The smallest absolute Gasteiger partial charge is 0.344 e. The van der Waals surface area contributed by atoms with Crippen LogP contribution in [0.5, 0.6) is 0 Å². The van der Waals surface area contributed by atoms with Crippen molar-refractivity contribution in [1.29, 1.82) is 0 Å². The summed E-state index contributed by atoms with van der Waals surface area (Å²) >= 11 is 0. The van der Waals surface area contributed by atoms with Crippen LogP contribution in [-0.2, 0) is 32.6 Å². The Morgan fingerprint density at radius 1 is 1.24 bits per heavy atom. The second kappa shape index (κ2) is 6.16. The lowest BCUT2D eigenvalue weighted by molar-refractivity contribution is -0.144. The molecule has 4 rings (SSSR count). The normalized spacial score (nSPS) is 21.7. The van der Waals surface area contributed by atoms with Gasteiger partial charge in [0.2, 0.25) is 0 Å². The number of nitrogens with one attached hydrogen (secondary N) is 1. The highest BCUT2D eigenvalue weighted by Crippen LogP contribution is 2.36. The third-order valence-electron chi connectivity index (χ3n) is 5.31. The first-order valence-electron chi connectivity index (χ1n) is 8.83. The van der Waals surface area contributed by atoms with Gasteiger partial charge in [-0.3, -0.25) is 9.58 Å². The number of halogens is 3. The van der Waals surface area contributed by atoms with Gasteiger partial charge in [-0.2, -0.15) is 18.3 Å². The van der Waals surface area contributed by atoms with Gasteiger partial charge in [0.05, 0.1) is 17.9 Å². The number of fused-ring (bicyclic) bond motifs is 1. The quantitative estimate of drug-likeness (QED) is 0.920. The Morgan fingerprint density at radius 3 is 2.80 bits per heavy atom. The molecule has 0 saturated carbocycles. The van der Waals surface area contributed by atoms with E-state index in [1.807, 2.05) is 0 Å². The maximum Gasteiger partial charge on any atom is 0.433 e. The van der Waals surface area contributed by atoms with Crippen molar-refractivity contribution in [3.8, 4) is 0 Å². The number of aryl methyl sites for hydroxylation is 3. The lowest BCUT2D eigenvalue weighted by atomic mass is 10.0. The molecule has 1 N–H and O–H groups in total. The Balaban J connectivity index is 1.58. The molecule has 1 aliphatic heterocycles. The number of nitrogens with zero attached hydrogens (tertiary/aromatic N) is 4. The van der Waals surface area contributed by atoms with Crippen molar-refractivity contribution >= 4 is 0 Å². The molecule has 2 aromatic heterocycles. The number of likely N-dealkylation sites (tertiary alicyclic amines) is 1.